The summed E-state index contributed by atoms with van der Waals surface area (Å²) in [4.78, 5) is 28.7. The standard InChI is InChI=1S/C22H15FN2O4/c23-15-8-10-17(11-9-15)28-13-20(26)24-16-5-3-4-14(12-16)21-25-19-7-2-1-6-18(19)22(27)29-21/h1-12H,13H2,(H,24,26). The van der Waals surface area contributed by atoms with Crippen molar-refractivity contribution in [1.82, 2.24) is 4.98 Å². The number of carbonyl (C=O) groups is 1. The summed E-state index contributed by atoms with van der Waals surface area (Å²) >= 11 is 0. The Labute approximate surface area is 164 Å². The first-order chi connectivity index (χ1) is 14.1. The van der Waals surface area contributed by atoms with Gasteiger partial charge in [0.2, 0.25) is 5.89 Å². The van der Waals surface area contributed by atoms with Crippen LogP contribution in [0, 0.1) is 5.82 Å². The van der Waals surface area contributed by atoms with Crippen LogP contribution in [0.15, 0.2) is 82.0 Å². The molecule has 0 spiro atoms. The Bertz CT molecular complexity index is 1240. The van der Waals surface area contributed by atoms with Crippen molar-refractivity contribution in [1.29, 1.82) is 0 Å². The maximum atomic E-state index is 12.9. The van der Waals surface area contributed by atoms with Gasteiger partial charge >= 0.3 is 5.63 Å². The van der Waals surface area contributed by atoms with E-state index in [1.807, 2.05) is 0 Å². The molecule has 4 rings (SSSR count). The first-order valence-electron chi connectivity index (χ1n) is 8.77. The lowest BCUT2D eigenvalue weighted by atomic mass is 10.2. The third-order valence-corrected chi connectivity index (χ3v) is 4.11. The molecule has 7 heteroatoms. The van der Waals surface area contributed by atoms with Gasteiger partial charge in [0.25, 0.3) is 5.91 Å². The largest absolute Gasteiger partial charge is 0.484 e. The second-order valence-electron chi connectivity index (χ2n) is 6.20. The molecule has 29 heavy (non-hydrogen) atoms. The second kappa shape index (κ2) is 7.93. The molecule has 1 heterocycles. The molecular formula is C22H15FN2O4. The molecule has 1 N–H and O–H groups in total. The van der Waals surface area contributed by atoms with E-state index in [0.717, 1.165) is 0 Å². The van der Waals surface area contributed by atoms with E-state index in [2.05, 4.69) is 10.3 Å². The van der Waals surface area contributed by atoms with Gasteiger partial charge in [-0.25, -0.2) is 14.2 Å². The number of nitrogens with one attached hydrogen (secondary N) is 1. The monoisotopic (exact) mass is 390 g/mol. The molecule has 6 nitrogen and oxygen atoms in total. The number of hydrogen-bond acceptors (Lipinski definition) is 5. The van der Waals surface area contributed by atoms with Crippen LogP contribution < -0.4 is 15.7 Å². The van der Waals surface area contributed by atoms with Gasteiger partial charge in [-0.05, 0) is 54.6 Å². The molecule has 0 aliphatic carbocycles. The Morgan fingerprint density at radius 2 is 1.83 bits per heavy atom. The Kier molecular flexibility index (Phi) is 5.03. The highest BCUT2D eigenvalue weighted by Gasteiger charge is 2.10. The van der Waals surface area contributed by atoms with E-state index in [1.165, 1.54) is 24.3 Å². The van der Waals surface area contributed by atoms with Crippen molar-refractivity contribution in [3.05, 3.63) is 89.0 Å². The average Bonchev–Trinajstić information content (AvgIpc) is 2.73. The fourth-order valence-electron chi connectivity index (χ4n) is 2.75. The van der Waals surface area contributed by atoms with Crippen molar-refractivity contribution in [2.45, 2.75) is 0 Å². The quantitative estimate of drug-likeness (QED) is 0.557. The number of para-hydroxylation sites is 1. The molecule has 1 amide bonds. The highest BCUT2D eigenvalue weighted by atomic mass is 19.1. The zero-order valence-electron chi connectivity index (χ0n) is 15.1. The molecular weight excluding hydrogens is 375 g/mol. The summed E-state index contributed by atoms with van der Waals surface area (Å²) in [6.45, 7) is -0.237. The summed E-state index contributed by atoms with van der Waals surface area (Å²) in [6, 6.07) is 19.1. The normalized spacial score (nSPS) is 10.7. The molecule has 0 saturated carbocycles. The van der Waals surface area contributed by atoms with Crippen LogP contribution in [0.1, 0.15) is 0 Å². The summed E-state index contributed by atoms with van der Waals surface area (Å²) in [6.07, 6.45) is 0. The number of halogens is 1. The second-order valence-corrected chi connectivity index (χ2v) is 6.20. The van der Waals surface area contributed by atoms with Crippen molar-refractivity contribution >= 4 is 22.5 Å². The fourth-order valence-corrected chi connectivity index (χ4v) is 2.75. The minimum Gasteiger partial charge on any atom is -0.484 e. The number of aromatic nitrogens is 1. The number of hydrogen-bond donors (Lipinski definition) is 1. The van der Waals surface area contributed by atoms with Gasteiger partial charge in [-0.2, -0.15) is 0 Å². The van der Waals surface area contributed by atoms with Gasteiger partial charge in [-0.1, -0.05) is 18.2 Å². The van der Waals surface area contributed by atoms with Gasteiger partial charge < -0.3 is 14.5 Å². The predicted molar refractivity (Wildman–Crippen MR) is 106 cm³/mol. The van der Waals surface area contributed by atoms with Gasteiger partial charge in [0.15, 0.2) is 6.61 Å². The maximum Gasteiger partial charge on any atom is 0.347 e. The summed E-state index contributed by atoms with van der Waals surface area (Å²) in [5, 5.41) is 3.10. The molecule has 0 fully saturated rings. The molecule has 0 unspecified atom stereocenters. The molecule has 0 radical (unpaired) electrons. The molecule has 144 valence electrons. The van der Waals surface area contributed by atoms with E-state index < -0.39 is 5.63 Å². The molecule has 3 aromatic carbocycles. The summed E-state index contributed by atoms with van der Waals surface area (Å²) in [5.41, 5.74) is 1.09. The number of fused-ring (bicyclic) bond motifs is 1. The number of amides is 1. The van der Waals surface area contributed by atoms with E-state index in [-0.39, 0.29) is 24.2 Å². The number of ether oxygens (including phenoxy) is 1. The molecule has 0 atom stereocenters. The van der Waals surface area contributed by atoms with E-state index in [9.17, 15) is 14.0 Å². The van der Waals surface area contributed by atoms with Gasteiger partial charge in [0, 0.05) is 11.3 Å². The van der Waals surface area contributed by atoms with Crippen molar-refractivity contribution in [2.75, 3.05) is 11.9 Å². The Balaban J connectivity index is 1.49. The van der Waals surface area contributed by atoms with Gasteiger partial charge in [-0.15, -0.1) is 0 Å². The number of carbonyl (C=O) groups excluding carboxylic acids is 1. The predicted octanol–water partition coefficient (Wildman–Crippen LogP) is 4.01. The van der Waals surface area contributed by atoms with Crippen LogP contribution in [0.4, 0.5) is 10.1 Å². The lowest BCUT2D eigenvalue weighted by Gasteiger charge is -2.09. The summed E-state index contributed by atoms with van der Waals surface area (Å²) < 4.78 is 23.5. The Hall–Kier alpha value is -4.00. The van der Waals surface area contributed by atoms with Crippen LogP contribution in [0.25, 0.3) is 22.4 Å². The van der Waals surface area contributed by atoms with E-state index >= 15 is 0 Å². The lowest BCUT2D eigenvalue weighted by molar-refractivity contribution is -0.118. The molecule has 0 aliphatic heterocycles. The van der Waals surface area contributed by atoms with Gasteiger partial charge in [-0.3, -0.25) is 4.79 Å². The van der Waals surface area contributed by atoms with Crippen LogP contribution in [-0.4, -0.2) is 17.5 Å². The minimum atomic E-state index is -0.479. The number of anilines is 1. The SMILES string of the molecule is O=C(COc1ccc(F)cc1)Nc1cccc(-c2nc3ccccc3c(=O)o2)c1. The molecule has 0 bridgehead atoms. The van der Waals surface area contributed by atoms with Crippen molar-refractivity contribution in [3.63, 3.8) is 0 Å². The van der Waals surface area contributed by atoms with Gasteiger partial charge in [0.1, 0.15) is 11.6 Å². The van der Waals surface area contributed by atoms with Crippen LogP contribution in [0.5, 0.6) is 5.75 Å². The summed E-state index contributed by atoms with van der Waals surface area (Å²) in [7, 11) is 0. The van der Waals surface area contributed by atoms with E-state index in [1.54, 1.807) is 48.5 Å². The molecule has 0 aliphatic rings. The third-order valence-electron chi connectivity index (χ3n) is 4.11. The highest BCUT2D eigenvalue weighted by molar-refractivity contribution is 5.92. The van der Waals surface area contributed by atoms with Crippen molar-refractivity contribution < 1.29 is 18.3 Å². The number of benzene rings is 3. The first kappa shape index (κ1) is 18.4. The van der Waals surface area contributed by atoms with Crippen LogP contribution in [0.3, 0.4) is 0 Å². The molecule has 1 aromatic heterocycles. The minimum absolute atomic E-state index is 0.160. The highest BCUT2D eigenvalue weighted by Crippen LogP contribution is 2.22. The van der Waals surface area contributed by atoms with Crippen LogP contribution in [-0.2, 0) is 4.79 Å². The van der Waals surface area contributed by atoms with Crippen molar-refractivity contribution in [2.24, 2.45) is 0 Å². The van der Waals surface area contributed by atoms with E-state index in [0.29, 0.717) is 27.9 Å². The lowest BCUT2D eigenvalue weighted by Crippen LogP contribution is -2.20. The topological polar surface area (TPSA) is 81.4 Å². The average molecular weight is 390 g/mol. The number of rotatable bonds is 5. The van der Waals surface area contributed by atoms with E-state index in [4.69, 9.17) is 9.15 Å². The summed E-state index contributed by atoms with van der Waals surface area (Å²) in [5.74, 6) is -0.225. The van der Waals surface area contributed by atoms with Crippen LogP contribution >= 0.6 is 0 Å². The smallest absolute Gasteiger partial charge is 0.347 e. The Morgan fingerprint density at radius 3 is 2.66 bits per heavy atom. The Morgan fingerprint density at radius 1 is 1.03 bits per heavy atom. The maximum absolute atomic E-state index is 12.9. The first-order valence-corrected chi connectivity index (χ1v) is 8.77. The molecule has 4 aromatic rings. The van der Waals surface area contributed by atoms with Crippen molar-refractivity contribution in [3.8, 4) is 17.2 Å². The zero-order valence-corrected chi connectivity index (χ0v) is 15.1. The van der Waals surface area contributed by atoms with Crippen LogP contribution in [0.2, 0.25) is 0 Å². The molecule has 0 saturated heterocycles. The zero-order chi connectivity index (χ0) is 20.2. The van der Waals surface area contributed by atoms with Gasteiger partial charge in [0.05, 0.1) is 10.9 Å². The third kappa shape index (κ3) is 4.30. The number of nitrogens with zero attached hydrogens (tertiary/aromatic N) is 1. The fraction of sp³-hybridized carbons (Fsp3) is 0.0455.